The van der Waals surface area contributed by atoms with Gasteiger partial charge in [0.1, 0.15) is 0 Å². The van der Waals surface area contributed by atoms with Crippen LogP contribution in [0.2, 0.25) is 0 Å². The number of fused-ring (bicyclic) bond motifs is 1. The van der Waals surface area contributed by atoms with Gasteiger partial charge in [0.25, 0.3) is 0 Å². The number of sulfonamides is 1. The van der Waals surface area contributed by atoms with Crippen molar-refractivity contribution in [1.82, 2.24) is 14.3 Å². The minimum absolute atomic E-state index is 0.0571. The molecule has 10 heteroatoms. The fourth-order valence-electron chi connectivity index (χ4n) is 3.67. The number of halogens is 3. The maximum absolute atomic E-state index is 13.7. The first kappa shape index (κ1) is 21.5. The van der Waals surface area contributed by atoms with Crippen LogP contribution in [0.3, 0.4) is 0 Å². The van der Waals surface area contributed by atoms with E-state index in [-0.39, 0.29) is 42.4 Å². The molecule has 1 aliphatic heterocycles. The maximum Gasteiger partial charge on any atom is 0.437 e. The van der Waals surface area contributed by atoms with Crippen LogP contribution in [0.1, 0.15) is 16.8 Å². The number of anilines is 1. The Morgan fingerprint density at radius 1 is 0.903 bits per heavy atom. The van der Waals surface area contributed by atoms with E-state index in [9.17, 15) is 21.6 Å². The maximum atomic E-state index is 13.7. The van der Waals surface area contributed by atoms with Gasteiger partial charge in [-0.2, -0.15) is 17.5 Å². The number of aromatic nitrogens is 2. The number of aryl methyl sites for hydroxylation is 2. The van der Waals surface area contributed by atoms with Gasteiger partial charge in [-0.15, -0.1) is 0 Å². The van der Waals surface area contributed by atoms with Crippen molar-refractivity contribution in [3.05, 3.63) is 59.3 Å². The average Bonchev–Trinajstić information content (AvgIpc) is 2.74. The first-order valence-corrected chi connectivity index (χ1v) is 11.2. The third-order valence-corrected chi connectivity index (χ3v) is 7.36. The quantitative estimate of drug-likeness (QED) is 0.608. The van der Waals surface area contributed by atoms with Gasteiger partial charge in [-0.3, -0.25) is 0 Å². The van der Waals surface area contributed by atoms with Crippen LogP contribution < -0.4 is 4.90 Å². The fourth-order valence-corrected chi connectivity index (χ4v) is 5.40. The number of piperazine rings is 1. The summed E-state index contributed by atoms with van der Waals surface area (Å²) in [5.74, 6) is -0.269. The fraction of sp³-hybridized carbons (Fsp3) is 0.333. The van der Waals surface area contributed by atoms with Gasteiger partial charge in [-0.1, -0.05) is 24.3 Å². The lowest BCUT2D eigenvalue weighted by Gasteiger charge is -2.35. The Morgan fingerprint density at radius 2 is 1.52 bits per heavy atom. The summed E-state index contributed by atoms with van der Waals surface area (Å²) in [6, 6.07) is 11.6. The molecule has 0 radical (unpaired) electrons. The highest BCUT2D eigenvalue weighted by atomic mass is 32.2. The van der Waals surface area contributed by atoms with E-state index in [1.165, 1.54) is 15.3 Å². The minimum Gasteiger partial charge on any atom is -0.352 e. The molecule has 0 amide bonds. The van der Waals surface area contributed by atoms with E-state index in [0.29, 0.717) is 11.1 Å². The van der Waals surface area contributed by atoms with Gasteiger partial charge in [0.05, 0.1) is 15.9 Å². The second-order valence-corrected chi connectivity index (χ2v) is 9.45. The average molecular weight is 450 g/mol. The first-order chi connectivity index (χ1) is 14.6. The highest BCUT2D eigenvalue weighted by Gasteiger charge is 2.40. The predicted octanol–water partition coefficient (Wildman–Crippen LogP) is 3.78. The van der Waals surface area contributed by atoms with Crippen molar-refractivity contribution in [3.63, 3.8) is 0 Å². The van der Waals surface area contributed by atoms with Gasteiger partial charge in [0.15, 0.2) is 11.5 Å². The molecule has 3 aromatic rings. The lowest BCUT2D eigenvalue weighted by Crippen LogP contribution is -2.49. The standard InChI is InChI=1S/C21H21F3N4O2S/c1-14-7-8-15(2)18(13-14)31(29,30)28-11-9-27(10-12-28)20-19(21(22,23)24)25-16-5-3-4-6-17(16)26-20/h3-8,13H,9-12H2,1-2H3. The molecule has 1 fully saturated rings. The zero-order valence-electron chi connectivity index (χ0n) is 17.0. The number of nitrogens with zero attached hydrogens (tertiary/aromatic N) is 4. The zero-order chi connectivity index (χ0) is 22.4. The summed E-state index contributed by atoms with van der Waals surface area (Å²) in [6.45, 7) is 3.82. The molecule has 2 aromatic carbocycles. The highest BCUT2D eigenvalue weighted by Crippen LogP contribution is 2.36. The Morgan fingerprint density at radius 3 is 2.13 bits per heavy atom. The molecule has 0 spiro atoms. The molecule has 31 heavy (non-hydrogen) atoms. The monoisotopic (exact) mass is 450 g/mol. The van der Waals surface area contributed by atoms with Crippen LogP contribution >= 0.6 is 0 Å². The third-order valence-electron chi connectivity index (χ3n) is 5.32. The lowest BCUT2D eigenvalue weighted by atomic mass is 10.2. The van der Waals surface area contributed by atoms with Crippen LogP contribution in [-0.4, -0.2) is 48.9 Å². The third kappa shape index (κ3) is 4.09. The predicted molar refractivity (Wildman–Crippen MR) is 111 cm³/mol. The molecule has 0 N–H and O–H groups in total. The number of hydrogen-bond acceptors (Lipinski definition) is 5. The summed E-state index contributed by atoms with van der Waals surface area (Å²) < 4.78 is 68.5. The summed E-state index contributed by atoms with van der Waals surface area (Å²) in [7, 11) is -3.75. The van der Waals surface area contributed by atoms with Gasteiger partial charge in [-0.05, 0) is 43.2 Å². The van der Waals surface area contributed by atoms with Crippen molar-refractivity contribution in [3.8, 4) is 0 Å². The van der Waals surface area contributed by atoms with E-state index in [1.54, 1.807) is 37.3 Å². The van der Waals surface area contributed by atoms with Gasteiger partial charge in [0, 0.05) is 26.2 Å². The second-order valence-electron chi connectivity index (χ2n) is 7.54. The van der Waals surface area contributed by atoms with Crippen LogP contribution in [0.25, 0.3) is 11.0 Å². The summed E-state index contributed by atoms with van der Waals surface area (Å²) >= 11 is 0. The van der Waals surface area contributed by atoms with E-state index < -0.39 is 21.9 Å². The molecule has 0 bridgehead atoms. The minimum atomic E-state index is -4.67. The second kappa shape index (κ2) is 7.76. The summed E-state index contributed by atoms with van der Waals surface area (Å²) in [6.07, 6.45) is -4.67. The van der Waals surface area contributed by atoms with Crippen LogP contribution in [0.4, 0.5) is 19.0 Å². The highest BCUT2D eigenvalue weighted by molar-refractivity contribution is 7.89. The number of hydrogen-bond donors (Lipinski definition) is 0. The molecule has 1 saturated heterocycles. The van der Waals surface area contributed by atoms with Crippen LogP contribution in [0.5, 0.6) is 0 Å². The largest absolute Gasteiger partial charge is 0.437 e. The summed E-state index contributed by atoms with van der Waals surface area (Å²) in [4.78, 5) is 9.69. The van der Waals surface area contributed by atoms with E-state index in [2.05, 4.69) is 9.97 Å². The smallest absolute Gasteiger partial charge is 0.352 e. The van der Waals surface area contributed by atoms with Gasteiger partial charge in [-0.25, -0.2) is 18.4 Å². The molecule has 0 aliphatic carbocycles. The van der Waals surface area contributed by atoms with Crippen molar-refractivity contribution in [2.24, 2.45) is 0 Å². The van der Waals surface area contributed by atoms with Crippen molar-refractivity contribution < 1.29 is 21.6 Å². The Balaban J connectivity index is 1.63. The van der Waals surface area contributed by atoms with E-state index in [0.717, 1.165) is 5.56 Å². The van der Waals surface area contributed by atoms with Gasteiger partial charge >= 0.3 is 6.18 Å². The molecule has 1 aromatic heterocycles. The van der Waals surface area contributed by atoms with Crippen molar-refractivity contribution in [2.45, 2.75) is 24.9 Å². The zero-order valence-corrected chi connectivity index (χ0v) is 17.8. The van der Waals surface area contributed by atoms with E-state index >= 15 is 0 Å². The summed E-state index contributed by atoms with van der Waals surface area (Å²) in [5, 5.41) is 0. The molecule has 164 valence electrons. The SMILES string of the molecule is Cc1ccc(C)c(S(=O)(=O)N2CCN(c3nc4ccccc4nc3C(F)(F)F)CC2)c1. The van der Waals surface area contributed by atoms with Crippen LogP contribution in [0, 0.1) is 13.8 Å². The lowest BCUT2D eigenvalue weighted by molar-refractivity contribution is -0.140. The number of rotatable bonds is 3. The molecular formula is C21H21F3N4O2S. The van der Waals surface area contributed by atoms with Gasteiger partial charge < -0.3 is 4.90 Å². The first-order valence-electron chi connectivity index (χ1n) is 9.74. The Hall–Kier alpha value is -2.72. The number of para-hydroxylation sites is 2. The number of benzene rings is 2. The molecular weight excluding hydrogens is 429 g/mol. The van der Waals surface area contributed by atoms with E-state index in [4.69, 9.17) is 0 Å². The Bertz CT molecular complexity index is 1240. The molecule has 2 heterocycles. The van der Waals surface area contributed by atoms with Crippen molar-refractivity contribution in [1.29, 1.82) is 0 Å². The molecule has 4 rings (SSSR count). The topological polar surface area (TPSA) is 66.4 Å². The van der Waals surface area contributed by atoms with Crippen molar-refractivity contribution in [2.75, 3.05) is 31.1 Å². The molecule has 0 unspecified atom stereocenters. The molecule has 0 atom stereocenters. The number of alkyl halides is 3. The Labute approximate surface area is 178 Å². The van der Waals surface area contributed by atoms with Crippen LogP contribution in [-0.2, 0) is 16.2 Å². The van der Waals surface area contributed by atoms with Gasteiger partial charge in [0.2, 0.25) is 10.0 Å². The van der Waals surface area contributed by atoms with Crippen molar-refractivity contribution >= 4 is 26.9 Å². The summed E-state index contributed by atoms with van der Waals surface area (Å²) in [5.41, 5.74) is 0.916. The van der Waals surface area contributed by atoms with Crippen LogP contribution in [0.15, 0.2) is 47.4 Å². The molecule has 6 nitrogen and oxygen atoms in total. The Kier molecular flexibility index (Phi) is 5.38. The molecule has 1 aliphatic rings. The normalized spacial score (nSPS) is 16.1. The molecule has 0 saturated carbocycles. The van der Waals surface area contributed by atoms with E-state index in [1.807, 2.05) is 13.0 Å².